The number of rotatable bonds is 16. The molecule has 2 aromatic rings. The minimum atomic E-state index is -1.26. The second-order valence-corrected chi connectivity index (χ2v) is 11.8. The zero-order chi connectivity index (χ0) is 37.1. The molecule has 1 radical (unpaired) electrons. The molecule has 0 spiro atoms. The van der Waals surface area contributed by atoms with Crippen LogP contribution in [0.15, 0.2) is 65.7 Å². The summed E-state index contributed by atoms with van der Waals surface area (Å²) in [6.07, 6.45) is 2.36. The van der Waals surface area contributed by atoms with E-state index in [1.54, 1.807) is 6.92 Å². The predicted molar refractivity (Wildman–Crippen MR) is 190 cm³/mol. The molecule has 2 aromatic carbocycles. The van der Waals surface area contributed by atoms with Crippen LogP contribution in [0.3, 0.4) is 0 Å². The zero-order valence-corrected chi connectivity index (χ0v) is 31.9. The number of para-hydroxylation sites is 1. The number of amides is 6. The summed E-state index contributed by atoms with van der Waals surface area (Å²) in [7, 11) is 0. The van der Waals surface area contributed by atoms with Crippen molar-refractivity contribution in [3.63, 3.8) is 0 Å². The number of nitrogens with one attached hydrogen (secondary N) is 5. The van der Waals surface area contributed by atoms with Gasteiger partial charge in [-0.25, -0.2) is 0 Å². The van der Waals surface area contributed by atoms with Crippen LogP contribution in [0, 0.1) is 0 Å². The monoisotopic (exact) mass is 781 g/mol. The standard InChI is InChI=1S/C33H47N9O5.CH2NO.Y/c1-3-25(28(34)44)38-29(45)26(15-10-18-37-32(35)36)39-30(46)27(21-23-11-6-4-7-12-23)40-31(47)33(41-22(2)43)16-19-42(20-17-33)24-13-8-5-9-14-24;2-1-3;/h4-9,11-14,25-27H,3,10,15-21H2,1-2H3,(H10,34,35,36,37,38,39,40,41,43,44,45,46,47);(H2,2,3);/q;-1;/p-1/t25-,26-,27+;;/m0../s1. The molecule has 0 bridgehead atoms. The Bertz CT molecular complexity index is 1450. The van der Waals surface area contributed by atoms with Crippen molar-refractivity contribution < 1.29 is 61.5 Å². The van der Waals surface area contributed by atoms with E-state index >= 15 is 0 Å². The maximum absolute atomic E-state index is 14.1. The van der Waals surface area contributed by atoms with E-state index in [2.05, 4.69) is 36.9 Å². The van der Waals surface area contributed by atoms with Crippen LogP contribution in [0.2, 0.25) is 0 Å². The second kappa shape index (κ2) is 23.0. The molecule has 0 aliphatic carbocycles. The van der Waals surface area contributed by atoms with Crippen molar-refractivity contribution in [3.05, 3.63) is 72.0 Å². The molecule has 6 amide bonds. The van der Waals surface area contributed by atoms with E-state index in [4.69, 9.17) is 22.0 Å². The molecule has 275 valence electrons. The molecule has 1 fully saturated rings. The van der Waals surface area contributed by atoms with Gasteiger partial charge in [-0.1, -0.05) is 55.5 Å². The molecule has 51 heavy (non-hydrogen) atoms. The number of anilines is 1. The fourth-order valence-electron chi connectivity index (χ4n) is 5.56. The first-order valence-corrected chi connectivity index (χ1v) is 16.3. The average Bonchev–Trinajstić information content (AvgIpc) is 3.09. The number of nitrogens with zero attached hydrogens (tertiary/aromatic N) is 2. The summed E-state index contributed by atoms with van der Waals surface area (Å²) in [5, 5.41) is 11.0. The van der Waals surface area contributed by atoms with Crippen LogP contribution in [0.25, 0.3) is 5.73 Å². The maximum Gasteiger partial charge on any atom is 0.246 e. The van der Waals surface area contributed by atoms with Crippen molar-refractivity contribution >= 4 is 47.6 Å². The average molecular weight is 782 g/mol. The number of hydrogen-bond acceptors (Lipinski definition) is 8. The van der Waals surface area contributed by atoms with E-state index in [9.17, 15) is 24.0 Å². The van der Waals surface area contributed by atoms with Gasteiger partial charge in [0, 0.05) is 71.4 Å². The molecular formula is C34H48N10O6Y-2. The SMILES string of the molecule is CC[C@H](NC(=O)[C@H](CCCN=C(N)N)NC(=O)[C@@H](Cc1ccccc1)NC(=O)C1(NC(C)=O)CCN(c2ccccc2)CC1)C([NH-])=O.N[C-]=O.[Y]. The Labute approximate surface area is 323 Å². The quantitative estimate of drug-likeness (QED) is 0.0394. The van der Waals surface area contributed by atoms with E-state index in [1.807, 2.05) is 60.7 Å². The number of carbonyl (C=O) groups excluding carboxylic acids is 6. The molecule has 1 aliphatic heterocycles. The van der Waals surface area contributed by atoms with Gasteiger partial charge in [0.25, 0.3) is 0 Å². The number of guanidine groups is 1. The molecule has 0 saturated carbocycles. The number of hydrogen-bond donors (Lipinski definition) is 7. The van der Waals surface area contributed by atoms with Gasteiger partial charge < -0.3 is 58.7 Å². The topological polar surface area (TPSA) is 268 Å². The summed E-state index contributed by atoms with van der Waals surface area (Å²) in [5.41, 5.74) is 22.8. The first-order valence-electron chi connectivity index (χ1n) is 16.3. The van der Waals surface area contributed by atoms with E-state index in [1.165, 1.54) is 6.92 Å². The van der Waals surface area contributed by atoms with Crippen LogP contribution in [-0.4, -0.2) is 85.2 Å². The molecule has 11 N–H and O–H groups in total. The normalized spacial score (nSPS) is 14.7. The minimum Gasteiger partial charge on any atom is -0.666 e. The van der Waals surface area contributed by atoms with Crippen LogP contribution >= 0.6 is 0 Å². The van der Waals surface area contributed by atoms with Crippen molar-refractivity contribution in [3.8, 4) is 0 Å². The predicted octanol–water partition coefficient (Wildman–Crippen LogP) is -0.0890. The summed E-state index contributed by atoms with van der Waals surface area (Å²) in [5.74, 6) is -3.23. The molecule has 3 rings (SSSR count). The summed E-state index contributed by atoms with van der Waals surface area (Å²) in [6, 6.07) is 15.6. The number of nitrogens with two attached hydrogens (primary N) is 3. The van der Waals surface area contributed by atoms with Crippen molar-refractivity contribution in [1.29, 1.82) is 0 Å². The summed E-state index contributed by atoms with van der Waals surface area (Å²) >= 11 is 0. The second-order valence-electron chi connectivity index (χ2n) is 11.8. The van der Waals surface area contributed by atoms with Gasteiger partial charge in [-0.05, 0) is 49.8 Å². The smallest absolute Gasteiger partial charge is 0.246 e. The Morgan fingerprint density at radius 2 is 1.43 bits per heavy atom. The van der Waals surface area contributed by atoms with Crippen molar-refractivity contribution in [2.24, 2.45) is 22.2 Å². The Balaban J connectivity index is 0.00000313. The van der Waals surface area contributed by atoms with E-state index < -0.39 is 47.3 Å². The van der Waals surface area contributed by atoms with Gasteiger partial charge in [-0.2, -0.15) is 6.41 Å². The van der Waals surface area contributed by atoms with Crippen LogP contribution < -0.4 is 43.4 Å². The number of piperidine rings is 1. The third kappa shape index (κ3) is 15.1. The zero-order valence-electron chi connectivity index (χ0n) is 29.0. The molecule has 3 atom stereocenters. The van der Waals surface area contributed by atoms with Gasteiger partial charge in [0.05, 0.1) is 11.9 Å². The molecule has 0 aromatic heterocycles. The summed E-state index contributed by atoms with van der Waals surface area (Å²) in [4.78, 5) is 79.8. The van der Waals surface area contributed by atoms with Crippen LogP contribution in [0.5, 0.6) is 0 Å². The fraction of sp³-hybridized carbons (Fsp3) is 0.441. The van der Waals surface area contributed by atoms with Crippen LogP contribution in [0.1, 0.15) is 51.5 Å². The van der Waals surface area contributed by atoms with Gasteiger partial charge in [-0.15, -0.1) is 0 Å². The Kier molecular flexibility index (Phi) is 20.1. The molecule has 0 unspecified atom stereocenters. The molecule has 16 nitrogen and oxygen atoms in total. The summed E-state index contributed by atoms with van der Waals surface area (Å²) < 4.78 is 0. The van der Waals surface area contributed by atoms with Crippen LogP contribution in [0.4, 0.5) is 5.69 Å². The third-order valence-corrected chi connectivity index (χ3v) is 8.11. The first kappa shape index (κ1) is 44.5. The van der Waals surface area contributed by atoms with E-state index in [-0.39, 0.29) is 70.4 Å². The molecule has 1 aliphatic rings. The number of aliphatic imine (C=N–C) groups is 1. The van der Waals surface area contributed by atoms with Gasteiger partial charge >= 0.3 is 0 Å². The van der Waals surface area contributed by atoms with Crippen molar-refractivity contribution in [1.82, 2.24) is 21.3 Å². The van der Waals surface area contributed by atoms with Gasteiger partial charge in [0.1, 0.15) is 17.6 Å². The maximum atomic E-state index is 14.1. The van der Waals surface area contributed by atoms with E-state index in [0.29, 0.717) is 32.4 Å². The Morgan fingerprint density at radius 1 is 0.902 bits per heavy atom. The van der Waals surface area contributed by atoms with Crippen LogP contribution in [-0.2, 0) is 67.9 Å². The molecule has 17 heteroatoms. The fourth-order valence-corrected chi connectivity index (χ4v) is 5.56. The molecule has 1 saturated heterocycles. The third-order valence-electron chi connectivity index (χ3n) is 8.11. The number of carbonyl (C=O) groups is 5. The molecular weight excluding hydrogens is 733 g/mol. The minimum absolute atomic E-state index is 0. The Morgan fingerprint density at radius 3 is 1.94 bits per heavy atom. The molecule has 1 heterocycles. The van der Waals surface area contributed by atoms with Crippen molar-refractivity contribution in [2.75, 3.05) is 24.5 Å². The van der Waals surface area contributed by atoms with E-state index in [0.717, 1.165) is 17.7 Å². The van der Waals surface area contributed by atoms with Gasteiger partial charge in [0.15, 0.2) is 5.96 Å². The first-order chi connectivity index (χ1) is 23.8. The number of primary amides is 1. The number of benzene rings is 2. The van der Waals surface area contributed by atoms with Gasteiger partial charge in [0.2, 0.25) is 23.6 Å². The Hall–Kier alpha value is -4.57. The van der Waals surface area contributed by atoms with Gasteiger partial charge in [-0.3, -0.25) is 24.2 Å². The summed E-state index contributed by atoms with van der Waals surface area (Å²) in [6.45, 7) is 4.20. The largest absolute Gasteiger partial charge is 0.666 e. The van der Waals surface area contributed by atoms with Crippen molar-refractivity contribution in [2.45, 2.75) is 76.0 Å².